The summed E-state index contributed by atoms with van der Waals surface area (Å²) in [7, 11) is -1.93. The Bertz CT molecular complexity index is 593. The highest BCUT2D eigenvalue weighted by Gasteiger charge is 2.35. The summed E-state index contributed by atoms with van der Waals surface area (Å²) in [6.07, 6.45) is 0.738. The van der Waals surface area contributed by atoms with Crippen molar-refractivity contribution in [2.24, 2.45) is 0 Å². The fourth-order valence-electron chi connectivity index (χ4n) is 2.11. The number of nitrogens with zero attached hydrogens (tertiary/aromatic N) is 1. The third-order valence-corrected chi connectivity index (χ3v) is 6.76. The number of nitrogen functional groups attached to an aromatic ring is 1. The highest BCUT2D eigenvalue weighted by Crippen LogP contribution is 2.33. The van der Waals surface area contributed by atoms with Gasteiger partial charge in [0.05, 0.1) is 4.90 Å². The smallest absolute Gasteiger partial charge is 0.243 e. The van der Waals surface area contributed by atoms with Crippen LogP contribution in [0.25, 0.3) is 0 Å². The molecule has 5 heteroatoms. The Labute approximate surface area is 123 Å². The van der Waals surface area contributed by atoms with Gasteiger partial charge in [-0.15, -0.1) is 0 Å². The third-order valence-electron chi connectivity index (χ3n) is 4.41. The first-order valence-corrected chi connectivity index (χ1v) is 8.26. The number of rotatable bonds is 4. The Kier molecular flexibility index (Phi) is 4.56. The zero-order valence-corrected chi connectivity index (χ0v) is 14.4. The molecule has 0 saturated heterocycles. The predicted octanol–water partition coefficient (Wildman–Crippen LogP) is 3.00. The Morgan fingerprint density at radius 2 is 1.70 bits per heavy atom. The summed E-state index contributed by atoms with van der Waals surface area (Å²) >= 11 is 0. The first-order valence-electron chi connectivity index (χ1n) is 6.82. The lowest BCUT2D eigenvalue weighted by atomic mass is 10.0. The number of hydrogen-bond acceptors (Lipinski definition) is 3. The number of aryl methyl sites for hydroxylation is 1. The number of hydrogen-bond donors (Lipinski definition) is 1. The molecular formula is C15H26N2O2S. The van der Waals surface area contributed by atoms with Gasteiger partial charge in [-0.05, 0) is 63.8 Å². The molecule has 1 aromatic rings. The Balaban J connectivity index is 3.60. The summed E-state index contributed by atoms with van der Waals surface area (Å²) in [6, 6.07) is 1.83. The van der Waals surface area contributed by atoms with Crippen LogP contribution in [-0.4, -0.2) is 25.3 Å². The minimum absolute atomic E-state index is 0.346. The second kappa shape index (κ2) is 5.37. The van der Waals surface area contributed by atoms with Gasteiger partial charge in [-0.2, -0.15) is 4.31 Å². The average molecular weight is 298 g/mol. The van der Waals surface area contributed by atoms with E-state index in [4.69, 9.17) is 5.73 Å². The number of nitrogens with two attached hydrogens (primary N) is 1. The van der Waals surface area contributed by atoms with Gasteiger partial charge in [0.1, 0.15) is 0 Å². The largest absolute Gasteiger partial charge is 0.398 e. The molecule has 4 nitrogen and oxygen atoms in total. The van der Waals surface area contributed by atoms with Gasteiger partial charge in [-0.3, -0.25) is 0 Å². The first-order chi connectivity index (χ1) is 8.96. The molecule has 2 N–H and O–H groups in total. The van der Waals surface area contributed by atoms with Gasteiger partial charge in [-0.1, -0.05) is 6.92 Å². The minimum Gasteiger partial charge on any atom is -0.398 e. The maximum atomic E-state index is 13.0. The molecule has 0 aliphatic heterocycles. The monoisotopic (exact) mass is 298 g/mol. The van der Waals surface area contributed by atoms with Crippen LogP contribution in [0, 0.1) is 20.8 Å². The van der Waals surface area contributed by atoms with Gasteiger partial charge >= 0.3 is 0 Å². The quantitative estimate of drug-likeness (QED) is 0.869. The van der Waals surface area contributed by atoms with Gasteiger partial charge in [-0.25, -0.2) is 8.42 Å². The lowest BCUT2D eigenvalue weighted by Crippen LogP contribution is -2.44. The molecule has 0 spiro atoms. The molecule has 1 aromatic carbocycles. The lowest BCUT2D eigenvalue weighted by Gasteiger charge is -2.34. The van der Waals surface area contributed by atoms with Crippen molar-refractivity contribution in [1.82, 2.24) is 4.31 Å². The van der Waals surface area contributed by atoms with Gasteiger partial charge in [0.15, 0.2) is 0 Å². The Morgan fingerprint density at radius 3 is 2.15 bits per heavy atom. The van der Waals surface area contributed by atoms with E-state index in [0.717, 1.165) is 17.5 Å². The van der Waals surface area contributed by atoms with Crippen LogP contribution in [0.15, 0.2) is 11.0 Å². The minimum atomic E-state index is -3.56. The van der Waals surface area contributed by atoms with Crippen LogP contribution in [0.3, 0.4) is 0 Å². The fourth-order valence-corrected chi connectivity index (χ4v) is 4.22. The molecule has 0 fully saturated rings. The van der Waals surface area contributed by atoms with Crippen LogP contribution in [0.2, 0.25) is 0 Å². The van der Waals surface area contributed by atoms with E-state index < -0.39 is 15.6 Å². The molecule has 0 bridgehead atoms. The van der Waals surface area contributed by atoms with Crippen molar-refractivity contribution in [3.05, 3.63) is 22.8 Å². The van der Waals surface area contributed by atoms with Crippen LogP contribution in [-0.2, 0) is 10.0 Å². The van der Waals surface area contributed by atoms with E-state index in [-0.39, 0.29) is 0 Å². The van der Waals surface area contributed by atoms with E-state index in [0.29, 0.717) is 16.1 Å². The van der Waals surface area contributed by atoms with Crippen molar-refractivity contribution in [1.29, 1.82) is 0 Å². The molecule has 0 aliphatic rings. The molecule has 0 amide bonds. The van der Waals surface area contributed by atoms with E-state index in [1.807, 2.05) is 40.7 Å². The molecular weight excluding hydrogens is 272 g/mol. The van der Waals surface area contributed by atoms with Crippen molar-refractivity contribution in [3.8, 4) is 0 Å². The van der Waals surface area contributed by atoms with Crippen LogP contribution in [0.5, 0.6) is 0 Å². The van der Waals surface area contributed by atoms with Crippen LogP contribution >= 0.6 is 0 Å². The number of anilines is 1. The van der Waals surface area contributed by atoms with Crippen molar-refractivity contribution in [3.63, 3.8) is 0 Å². The zero-order valence-electron chi connectivity index (χ0n) is 13.5. The molecule has 0 atom stereocenters. The van der Waals surface area contributed by atoms with Crippen LogP contribution in [0.1, 0.15) is 43.9 Å². The molecule has 0 aromatic heterocycles. The zero-order chi connectivity index (χ0) is 15.9. The summed E-state index contributed by atoms with van der Waals surface area (Å²) in [5.41, 5.74) is 8.34. The number of sulfonamides is 1. The Morgan fingerprint density at radius 1 is 1.20 bits per heavy atom. The maximum absolute atomic E-state index is 13.0. The van der Waals surface area contributed by atoms with Crippen LogP contribution < -0.4 is 5.73 Å². The van der Waals surface area contributed by atoms with E-state index in [1.165, 1.54) is 4.31 Å². The normalized spacial score (nSPS) is 13.0. The van der Waals surface area contributed by atoms with Crippen molar-refractivity contribution in [2.45, 2.75) is 58.4 Å². The van der Waals surface area contributed by atoms with E-state index in [9.17, 15) is 8.42 Å². The standard InChI is InChI=1S/C15H26N2O2S/c1-8-15(5,6)17(7)20(18,19)14-11(3)10(2)9-13(16)12(14)4/h9H,8,16H2,1-7H3. The molecule has 0 unspecified atom stereocenters. The second-order valence-electron chi connectivity index (χ2n) is 6.00. The molecule has 0 saturated carbocycles. The summed E-state index contributed by atoms with van der Waals surface area (Å²) in [5, 5.41) is 0. The number of benzene rings is 1. The summed E-state index contributed by atoms with van der Waals surface area (Å²) in [4.78, 5) is 0.346. The lowest BCUT2D eigenvalue weighted by molar-refractivity contribution is 0.257. The highest BCUT2D eigenvalue weighted by molar-refractivity contribution is 7.89. The van der Waals surface area contributed by atoms with Crippen molar-refractivity contribution in [2.75, 3.05) is 12.8 Å². The topological polar surface area (TPSA) is 63.4 Å². The molecule has 0 heterocycles. The summed E-state index contributed by atoms with van der Waals surface area (Å²) in [6.45, 7) is 11.3. The molecule has 1 rings (SSSR count). The average Bonchev–Trinajstić information content (AvgIpc) is 2.35. The second-order valence-corrected chi connectivity index (χ2v) is 7.91. The SMILES string of the molecule is CCC(C)(C)N(C)S(=O)(=O)c1c(C)c(C)cc(N)c1C. The fraction of sp³-hybridized carbons (Fsp3) is 0.600. The van der Waals surface area contributed by atoms with Crippen molar-refractivity contribution < 1.29 is 8.42 Å². The van der Waals surface area contributed by atoms with Gasteiger partial charge in [0.25, 0.3) is 0 Å². The summed E-state index contributed by atoms with van der Waals surface area (Å²) < 4.78 is 27.4. The van der Waals surface area contributed by atoms with E-state index in [1.54, 1.807) is 14.0 Å². The maximum Gasteiger partial charge on any atom is 0.243 e. The third kappa shape index (κ3) is 2.69. The van der Waals surface area contributed by atoms with Gasteiger partial charge in [0.2, 0.25) is 10.0 Å². The van der Waals surface area contributed by atoms with E-state index in [2.05, 4.69) is 0 Å². The molecule has 20 heavy (non-hydrogen) atoms. The van der Waals surface area contributed by atoms with Crippen LogP contribution in [0.4, 0.5) is 5.69 Å². The Hall–Kier alpha value is -1.07. The first kappa shape index (κ1) is 17.0. The van der Waals surface area contributed by atoms with Crippen molar-refractivity contribution >= 4 is 15.7 Å². The summed E-state index contributed by atoms with van der Waals surface area (Å²) in [5.74, 6) is 0. The van der Waals surface area contributed by atoms with Gasteiger partial charge < -0.3 is 5.73 Å². The highest BCUT2D eigenvalue weighted by atomic mass is 32.2. The molecule has 0 aliphatic carbocycles. The van der Waals surface area contributed by atoms with Gasteiger partial charge in [0, 0.05) is 18.3 Å². The predicted molar refractivity (Wildman–Crippen MR) is 84.4 cm³/mol. The van der Waals surface area contributed by atoms with E-state index >= 15 is 0 Å². The molecule has 114 valence electrons. The molecule has 0 radical (unpaired) electrons.